The zero-order valence-electron chi connectivity index (χ0n) is 5.36. The molecule has 0 aromatic heterocycles. The maximum atomic E-state index is 10.4. The van der Waals surface area contributed by atoms with Gasteiger partial charge in [-0.25, -0.2) is 0 Å². The summed E-state index contributed by atoms with van der Waals surface area (Å²) in [6.45, 7) is 1.59. The van der Waals surface area contributed by atoms with E-state index in [1.165, 1.54) is 0 Å². The summed E-state index contributed by atoms with van der Waals surface area (Å²) < 4.78 is -0.177. The molecule has 9 heavy (non-hydrogen) atoms. The number of halogens is 2. The van der Waals surface area contributed by atoms with Gasteiger partial charge in [0.15, 0.2) is 0 Å². The lowest BCUT2D eigenvalue weighted by atomic mass is 10.4. The fourth-order valence-electron chi connectivity index (χ4n) is 0.505. The predicted molar refractivity (Wildman–Crippen MR) is 44.1 cm³/mol. The Kier molecular flexibility index (Phi) is 5.54. The smallest absolute Gasteiger partial charge is 0.129 e. The van der Waals surface area contributed by atoms with Crippen molar-refractivity contribution in [2.75, 3.05) is 0 Å². The fraction of sp³-hybridized carbons (Fsp3) is 0.800. The van der Waals surface area contributed by atoms with E-state index >= 15 is 0 Å². The lowest BCUT2D eigenvalue weighted by Gasteiger charge is -1.95. The third-order valence-electron chi connectivity index (χ3n) is 0.951. The van der Waals surface area contributed by atoms with Crippen molar-refractivity contribution in [3.8, 4) is 0 Å². The van der Waals surface area contributed by atoms with Crippen molar-refractivity contribution >= 4 is 38.5 Å². The molecule has 0 bridgehead atoms. The van der Waals surface area contributed by atoms with Crippen LogP contribution in [0.2, 0.25) is 6.04 Å². The highest BCUT2D eigenvalue weighted by Crippen LogP contribution is 2.02. The average molecular weight is 185 g/mol. The molecule has 0 rings (SSSR count). The molecule has 0 amide bonds. The highest BCUT2D eigenvalue weighted by molar-refractivity contribution is 6.68. The number of Topliss-reactive ketones (excluding diaryl/α,β-unsaturated/α-hetero) is 1. The van der Waals surface area contributed by atoms with Crippen molar-refractivity contribution in [2.24, 2.45) is 0 Å². The first-order valence-electron chi connectivity index (χ1n) is 2.90. The van der Waals surface area contributed by atoms with Crippen LogP contribution in [0.3, 0.4) is 0 Å². The largest absolute Gasteiger partial charge is 0.300 e. The van der Waals surface area contributed by atoms with Gasteiger partial charge in [-0.1, -0.05) is 6.04 Å². The molecule has 0 aliphatic heterocycles. The molecule has 0 saturated heterocycles. The minimum atomic E-state index is -0.387. The van der Waals surface area contributed by atoms with Crippen LogP contribution in [0, 0.1) is 0 Å². The highest BCUT2D eigenvalue weighted by Gasteiger charge is 2.00. The van der Waals surface area contributed by atoms with Gasteiger partial charge in [-0.2, -0.15) is 0 Å². The second-order valence-electron chi connectivity index (χ2n) is 1.99. The molecule has 54 valence electrons. The van der Waals surface area contributed by atoms with E-state index in [1.807, 2.05) is 0 Å². The standard InChI is InChI=1S/C5H10Cl2OSi/c1-4(8)2-3-9-5(6)7/h5H,2-3,9H2,1H3. The summed E-state index contributed by atoms with van der Waals surface area (Å²) in [5.41, 5.74) is 0. The van der Waals surface area contributed by atoms with Gasteiger partial charge in [0.1, 0.15) is 5.78 Å². The summed E-state index contributed by atoms with van der Waals surface area (Å²) >= 11 is 11.0. The number of hydrogen-bond acceptors (Lipinski definition) is 1. The van der Waals surface area contributed by atoms with Crippen LogP contribution in [-0.4, -0.2) is 19.8 Å². The molecule has 0 fully saturated rings. The van der Waals surface area contributed by atoms with Crippen LogP contribution in [0.25, 0.3) is 0 Å². The monoisotopic (exact) mass is 184 g/mol. The number of ketones is 1. The maximum Gasteiger partial charge on any atom is 0.129 e. The second kappa shape index (κ2) is 5.27. The summed E-state index contributed by atoms with van der Waals surface area (Å²) in [6.07, 6.45) is 0.655. The first kappa shape index (κ1) is 9.47. The third-order valence-corrected chi connectivity index (χ3v) is 3.46. The molecule has 4 heteroatoms. The van der Waals surface area contributed by atoms with Crippen LogP contribution < -0.4 is 0 Å². The lowest BCUT2D eigenvalue weighted by molar-refractivity contribution is -0.116. The van der Waals surface area contributed by atoms with Gasteiger partial charge in [0, 0.05) is 6.42 Å². The molecular formula is C5H10Cl2OSi. The first-order valence-corrected chi connectivity index (χ1v) is 5.59. The van der Waals surface area contributed by atoms with Crippen LogP contribution in [0.4, 0.5) is 0 Å². The zero-order chi connectivity index (χ0) is 7.28. The molecule has 1 nitrogen and oxygen atoms in total. The van der Waals surface area contributed by atoms with Crippen LogP contribution in [-0.2, 0) is 4.79 Å². The van der Waals surface area contributed by atoms with Crippen molar-refractivity contribution in [1.82, 2.24) is 0 Å². The Labute approximate surface area is 67.5 Å². The Hall–Kier alpha value is 0.467. The van der Waals surface area contributed by atoms with Crippen molar-refractivity contribution in [3.05, 3.63) is 0 Å². The molecule has 0 atom stereocenters. The van der Waals surface area contributed by atoms with E-state index in [2.05, 4.69) is 0 Å². The van der Waals surface area contributed by atoms with Gasteiger partial charge in [-0.15, -0.1) is 23.2 Å². The zero-order valence-corrected chi connectivity index (χ0v) is 8.29. The van der Waals surface area contributed by atoms with Gasteiger partial charge in [-0.3, -0.25) is 0 Å². The van der Waals surface area contributed by atoms with Crippen molar-refractivity contribution in [1.29, 1.82) is 0 Å². The summed E-state index contributed by atoms with van der Waals surface area (Å²) in [6, 6.07) is 0.938. The lowest BCUT2D eigenvalue weighted by Crippen LogP contribution is -2.02. The second-order valence-corrected chi connectivity index (χ2v) is 6.40. The molecule has 0 aromatic rings. The Morgan fingerprint density at radius 2 is 2.22 bits per heavy atom. The van der Waals surface area contributed by atoms with E-state index in [9.17, 15) is 4.79 Å². The van der Waals surface area contributed by atoms with E-state index in [0.717, 1.165) is 6.04 Å². The minimum Gasteiger partial charge on any atom is -0.300 e. The molecule has 0 N–H and O–H groups in total. The Balaban J connectivity index is 3.01. The van der Waals surface area contributed by atoms with Crippen LogP contribution in [0.15, 0.2) is 0 Å². The topological polar surface area (TPSA) is 17.1 Å². The minimum absolute atomic E-state index is 0.177. The van der Waals surface area contributed by atoms with Gasteiger partial charge >= 0.3 is 0 Å². The summed E-state index contributed by atoms with van der Waals surface area (Å²) in [5, 5.41) is 0. The third kappa shape index (κ3) is 8.47. The molecule has 0 heterocycles. The number of carbonyl (C=O) groups is 1. The van der Waals surface area contributed by atoms with Gasteiger partial charge in [0.25, 0.3) is 0 Å². The fourth-order valence-corrected chi connectivity index (χ4v) is 2.44. The molecule has 0 aliphatic carbocycles. The molecular weight excluding hydrogens is 175 g/mol. The van der Waals surface area contributed by atoms with Gasteiger partial charge in [0.05, 0.1) is 14.0 Å². The normalized spacial score (nSPS) is 11.6. The van der Waals surface area contributed by atoms with Crippen LogP contribution >= 0.6 is 23.2 Å². The van der Waals surface area contributed by atoms with E-state index in [-0.39, 0.29) is 19.8 Å². The van der Waals surface area contributed by atoms with Gasteiger partial charge < -0.3 is 4.79 Å². The van der Waals surface area contributed by atoms with E-state index in [4.69, 9.17) is 23.2 Å². The Morgan fingerprint density at radius 3 is 2.56 bits per heavy atom. The number of carbonyl (C=O) groups excluding carboxylic acids is 1. The van der Waals surface area contributed by atoms with Crippen molar-refractivity contribution in [2.45, 2.75) is 23.8 Å². The predicted octanol–water partition coefficient (Wildman–Crippen LogP) is 1.31. The average Bonchev–Trinajstić information content (AvgIpc) is 1.63. The summed E-state index contributed by atoms with van der Waals surface area (Å²) in [4.78, 5) is 10.4. The quantitative estimate of drug-likeness (QED) is 0.476. The van der Waals surface area contributed by atoms with E-state index in [1.54, 1.807) is 6.92 Å². The highest BCUT2D eigenvalue weighted by atomic mass is 35.5. The molecule has 0 spiro atoms. The van der Waals surface area contributed by atoms with E-state index in [0.29, 0.717) is 6.42 Å². The number of hydrogen-bond donors (Lipinski definition) is 0. The van der Waals surface area contributed by atoms with Crippen molar-refractivity contribution < 1.29 is 4.79 Å². The molecule has 0 unspecified atom stereocenters. The van der Waals surface area contributed by atoms with Gasteiger partial charge in [-0.05, 0) is 6.92 Å². The van der Waals surface area contributed by atoms with Crippen molar-refractivity contribution in [3.63, 3.8) is 0 Å². The Bertz CT molecular complexity index is 95.0. The van der Waals surface area contributed by atoms with Crippen LogP contribution in [0.1, 0.15) is 13.3 Å². The number of alkyl halides is 2. The first-order chi connectivity index (χ1) is 4.13. The number of rotatable bonds is 4. The van der Waals surface area contributed by atoms with Gasteiger partial charge in [0.2, 0.25) is 0 Å². The SMILES string of the molecule is CC(=O)CC[SiH2]C(Cl)Cl. The molecule has 0 radical (unpaired) electrons. The Morgan fingerprint density at radius 1 is 1.67 bits per heavy atom. The van der Waals surface area contributed by atoms with Crippen LogP contribution in [0.5, 0.6) is 0 Å². The molecule has 0 aromatic carbocycles. The van der Waals surface area contributed by atoms with E-state index < -0.39 is 0 Å². The molecule has 0 saturated carbocycles. The summed E-state index contributed by atoms with van der Waals surface area (Å²) in [7, 11) is -0.387. The summed E-state index contributed by atoms with van der Waals surface area (Å²) in [5.74, 6) is 0.233. The molecule has 0 aliphatic rings. The maximum absolute atomic E-state index is 10.4.